The Hall–Kier alpha value is -1.14. The highest BCUT2D eigenvalue weighted by molar-refractivity contribution is 5.86. The Labute approximate surface area is 87.8 Å². The van der Waals surface area contributed by atoms with Crippen LogP contribution in [0.2, 0.25) is 0 Å². The van der Waals surface area contributed by atoms with E-state index in [1.807, 2.05) is 0 Å². The maximum absolute atomic E-state index is 11.7. The zero-order valence-corrected chi connectivity index (χ0v) is 8.80. The molecule has 1 aliphatic rings. The van der Waals surface area contributed by atoms with Crippen LogP contribution >= 0.6 is 0 Å². The number of carboxylic acid groups (broad SMARTS) is 1. The van der Waals surface area contributed by atoms with E-state index in [0.717, 1.165) is 0 Å². The SMILES string of the molecule is COC(C)C(=O)N1CCOCC1C(=O)O. The molecule has 0 bridgehead atoms. The van der Waals surface area contributed by atoms with Crippen molar-refractivity contribution in [1.82, 2.24) is 4.90 Å². The number of morpholine rings is 1. The second-order valence-electron chi connectivity index (χ2n) is 3.34. The van der Waals surface area contributed by atoms with E-state index in [1.165, 1.54) is 12.0 Å². The summed E-state index contributed by atoms with van der Waals surface area (Å²) < 4.78 is 9.89. The smallest absolute Gasteiger partial charge is 0.328 e. The Morgan fingerprint density at radius 2 is 2.27 bits per heavy atom. The highest BCUT2D eigenvalue weighted by Crippen LogP contribution is 2.10. The first-order valence-corrected chi connectivity index (χ1v) is 4.71. The fourth-order valence-corrected chi connectivity index (χ4v) is 1.41. The van der Waals surface area contributed by atoms with Gasteiger partial charge >= 0.3 is 5.97 Å². The lowest BCUT2D eigenvalue weighted by Gasteiger charge is -2.34. The quantitative estimate of drug-likeness (QED) is 0.678. The molecule has 6 heteroatoms. The molecule has 0 aromatic heterocycles. The van der Waals surface area contributed by atoms with Crippen LogP contribution in [0.3, 0.4) is 0 Å². The molecule has 0 radical (unpaired) electrons. The molecular formula is C9H15NO5. The molecule has 1 aliphatic heterocycles. The maximum Gasteiger partial charge on any atom is 0.328 e. The third-order valence-electron chi connectivity index (χ3n) is 2.40. The summed E-state index contributed by atoms with van der Waals surface area (Å²) in [4.78, 5) is 23.9. The van der Waals surface area contributed by atoms with Crippen LogP contribution in [0.1, 0.15) is 6.92 Å². The number of ether oxygens (including phenoxy) is 2. The molecule has 1 saturated heterocycles. The van der Waals surface area contributed by atoms with E-state index >= 15 is 0 Å². The molecule has 0 spiro atoms. The Bertz CT molecular complexity index is 255. The van der Waals surface area contributed by atoms with Crippen LogP contribution in [0.5, 0.6) is 0 Å². The van der Waals surface area contributed by atoms with Gasteiger partial charge in [0, 0.05) is 13.7 Å². The van der Waals surface area contributed by atoms with Gasteiger partial charge in [0.15, 0.2) is 6.04 Å². The highest BCUT2D eigenvalue weighted by Gasteiger charge is 2.34. The zero-order chi connectivity index (χ0) is 11.4. The highest BCUT2D eigenvalue weighted by atomic mass is 16.5. The first-order chi connectivity index (χ1) is 7.07. The fraction of sp³-hybridized carbons (Fsp3) is 0.778. The van der Waals surface area contributed by atoms with Gasteiger partial charge in [0.1, 0.15) is 6.10 Å². The average Bonchev–Trinajstić information content (AvgIpc) is 2.27. The molecule has 2 atom stereocenters. The third kappa shape index (κ3) is 2.66. The predicted molar refractivity (Wildman–Crippen MR) is 50.4 cm³/mol. The number of carboxylic acids is 1. The summed E-state index contributed by atoms with van der Waals surface area (Å²) in [5, 5.41) is 8.90. The largest absolute Gasteiger partial charge is 0.480 e. The Morgan fingerprint density at radius 3 is 2.80 bits per heavy atom. The van der Waals surface area contributed by atoms with E-state index in [-0.39, 0.29) is 12.5 Å². The normalized spacial score (nSPS) is 23.6. The number of hydrogen-bond donors (Lipinski definition) is 1. The molecule has 1 amide bonds. The first kappa shape index (κ1) is 11.9. The van der Waals surface area contributed by atoms with E-state index in [9.17, 15) is 9.59 Å². The van der Waals surface area contributed by atoms with Gasteiger partial charge in [-0.3, -0.25) is 4.79 Å². The zero-order valence-electron chi connectivity index (χ0n) is 8.80. The number of rotatable bonds is 3. The van der Waals surface area contributed by atoms with Crippen molar-refractivity contribution in [1.29, 1.82) is 0 Å². The summed E-state index contributed by atoms with van der Waals surface area (Å²) in [7, 11) is 1.42. The molecule has 0 aromatic carbocycles. The van der Waals surface area contributed by atoms with Crippen LogP contribution in [-0.4, -0.2) is 60.9 Å². The topological polar surface area (TPSA) is 76.1 Å². The Kier molecular flexibility index (Phi) is 4.05. The molecule has 6 nitrogen and oxygen atoms in total. The van der Waals surface area contributed by atoms with Gasteiger partial charge in [0.2, 0.25) is 0 Å². The number of hydrogen-bond acceptors (Lipinski definition) is 4. The van der Waals surface area contributed by atoms with Gasteiger partial charge in [-0.05, 0) is 6.92 Å². The van der Waals surface area contributed by atoms with Crippen LogP contribution in [0, 0.1) is 0 Å². The summed E-state index contributed by atoms with van der Waals surface area (Å²) in [6.07, 6.45) is -0.620. The summed E-state index contributed by atoms with van der Waals surface area (Å²) in [5.74, 6) is -1.36. The summed E-state index contributed by atoms with van der Waals surface area (Å²) in [6, 6.07) is -0.899. The van der Waals surface area contributed by atoms with Crippen molar-refractivity contribution in [3.05, 3.63) is 0 Å². The fourth-order valence-electron chi connectivity index (χ4n) is 1.41. The van der Waals surface area contributed by atoms with Crippen LogP contribution in [0.15, 0.2) is 0 Å². The molecule has 0 aromatic rings. The van der Waals surface area contributed by atoms with Gasteiger partial charge in [0.05, 0.1) is 13.2 Å². The van der Waals surface area contributed by atoms with E-state index in [2.05, 4.69) is 0 Å². The monoisotopic (exact) mass is 217 g/mol. The van der Waals surface area contributed by atoms with Crippen molar-refractivity contribution in [3.8, 4) is 0 Å². The lowest BCUT2D eigenvalue weighted by Crippen LogP contribution is -2.55. The number of aliphatic carboxylic acids is 1. The summed E-state index contributed by atoms with van der Waals surface area (Å²) >= 11 is 0. The van der Waals surface area contributed by atoms with Crippen LogP contribution < -0.4 is 0 Å². The lowest BCUT2D eigenvalue weighted by molar-refractivity contribution is -0.162. The average molecular weight is 217 g/mol. The Balaban J connectivity index is 2.71. The second kappa shape index (κ2) is 5.09. The number of carbonyl (C=O) groups is 2. The third-order valence-corrected chi connectivity index (χ3v) is 2.40. The summed E-state index contributed by atoms with van der Waals surface area (Å²) in [5.41, 5.74) is 0. The van der Waals surface area contributed by atoms with E-state index in [4.69, 9.17) is 14.6 Å². The van der Waals surface area contributed by atoms with E-state index in [0.29, 0.717) is 13.2 Å². The standard InChI is InChI=1S/C9H15NO5/c1-6(14-2)8(11)10-3-4-15-5-7(10)9(12)13/h6-7H,3-5H2,1-2H3,(H,12,13). The molecule has 15 heavy (non-hydrogen) atoms. The van der Waals surface area contributed by atoms with Crippen LogP contribution in [0.25, 0.3) is 0 Å². The van der Waals surface area contributed by atoms with Crippen molar-refractivity contribution in [2.45, 2.75) is 19.1 Å². The van der Waals surface area contributed by atoms with Gasteiger partial charge in [-0.15, -0.1) is 0 Å². The van der Waals surface area contributed by atoms with Crippen molar-refractivity contribution < 1.29 is 24.2 Å². The second-order valence-corrected chi connectivity index (χ2v) is 3.34. The molecule has 0 saturated carbocycles. The Morgan fingerprint density at radius 1 is 1.60 bits per heavy atom. The van der Waals surface area contributed by atoms with Gasteiger partial charge in [-0.25, -0.2) is 4.79 Å². The minimum Gasteiger partial charge on any atom is -0.480 e. The number of nitrogens with zero attached hydrogens (tertiary/aromatic N) is 1. The van der Waals surface area contributed by atoms with Gasteiger partial charge in [-0.2, -0.15) is 0 Å². The molecule has 86 valence electrons. The molecule has 1 rings (SSSR count). The minimum atomic E-state index is -1.05. The van der Waals surface area contributed by atoms with Crippen molar-refractivity contribution in [2.24, 2.45) is 0 Å². The minimum absolute atomic E-state index is 0.0392. The van der Waals surface area contributed by atoms with Crippen molar-refractivity contribution in [2.75, 3.05) is 26.9 Å². The molecular weight excluding hydrogens is 202 g/mol. The predicted octanol–water partition coefficient (Wildman–Crippen LogP) is -0.667. The number of carbonyl (C=O) groups excluding carboxylic acids is 1. The van der Waals surface area contributed by atoms with Crippen LogP contribution in [-0.2, 0) is 19.1 Å². The molecule has 1 N–H and O–H groups in total. The van der Waals surface area contributed by atoms with Crippen LogP contribution in [0.4, 0.5) is 0 Å². The van der Waals surface area contributed by atoms with Gasteiger partial charge in [0.25, 0.3) is 5.91 Å². The van der Waals surface area contributed by atoms with Crippen molar-refractivity contribution in [3.63, 3.8) is 0 Å². The maximum atomic E-state index is 11.7. The first-order valence-electron chi connectivity index (χ1n) is 4.71. The number of amides is 1. The molecule has 1 heterocycles. The van der Waals surface area contributed by atoms with Crippen molar-refractivity contribution >= 4 is 11.9 Å². The number of methoxy groups -OCH3 is 1. The van der Waals surface area contributed by atoms with Gasteiger partial charge in [-0.1, -0.05) is 0 Å². The van der Waals surface area contributed by atoms with E-state index < -0.39 is 18.1 Å². The van der Waals surface area contributed by atoms with E-state index in [1.54, 1.807) is 6.92 Å². The molecule has 1 fully saturated rings. The lowest BCUT2D eigenvalue weighted by atomic mass is 10.2. The van der Waals surface area contributed by atoms with Gasteiger partial charge < -0.3 is 19.5 Å². The molecule has 0 aliphatic carbocycles. The molecule has 2 unspecified atom stereocenters. The summed E-state index contributed by atoms with van der Waals surface area (Å²) in [6.45, 7) is 2.30.